The molecule has 1 heterocycles. The number of nitrogens with zero attached hydrogens (tertiary/aromatic N) is 3. The van der Waals surface area contributed by atoms with Crippen LogP contribution >= 0.6 is 15.9 Å². The fourth-order valence-electron chi connectivity index (χ4n) is 3.73. The lowest BCUT2D eigenvalue weighted by Crippen LogP contribution is -2.29. The fourth-order valence-corrected chi connectivity index (χ4v) is 4.14. The molecule has 1 fully saturated rings. The number of hydrogen-bond acceptors (Lipinski definition) is 3. The molecule has 0 N–H and O–H groups in total. The number of carbonyl (C=O) groups excluding carboxylic acids is 1. The van der Waals surface area contributed by atoms with Crippen molar-refractivity contribution in [1.82, 2.24) is 9.91 Å². The summed E-state index contributed by atoms with van der Waals surface area (Å²) in [5.74, 6) is 0.00219. The molecule has 4 rings (SSSR count). The summed E-state index contributed by atoms with van der Waals surface area (Å²) < 4.78 is 0.984. The lowest BCUT2D eigenvalue weighted by Gasteiger charge is -2.28. The van der Waals surface area contributed by atoms with Gasteiger partial charge in [-0.3, -0.25) is 9.69 Å². The van der Waals surface area contributed by atoms with Gasteiger partial charge in [-0.2, -0.15) is 5.10 Å². The van der Waals surface area contributed by atoms with E-state index >= 15 is 0 Å². The highest BCUT2D eigenvalue weighted by atomic mass is 79.9. The summed E-state index contributed by atoms with van der Waals surface area (Å²) in [6, 6.07) is 26.6. The molecule has 0 spiro atoms. The van der Waals surface area contributed by atoms with E-state index in [4.69, 9.17) is 5.10 Å². The minimum Gasteiger partial charge on any atom is -0.271 e. The minimum atomic E-state index is -0.254. The van der Waals surface area contributed by atoms with E-state index in [1.54, 1.807) is 5.01 Å². The highest BCUT2D eigenvalue weighted by Gasteiger charge is 2.39. The molecule has 1 aliphatic heterocycles. The molecule has 0 saturated carbocycles. The Morgan fingerprint density at radius 1 is 1.03 bits per heavy atom. The molecular weight excluding hydrogens is 438 g/mol. The summed E-state index contributed by atoms with van der Waals surface area (Å²) in [5.41, 5.74) is 5.25. The number of rotatable bonds is 5. The van der Waals surface area contributed by atoms with Gasteiger partial charge >= 0.3 is 0 Å². The van der Waals surface area contributed by atoms with Gasteiger partial charge in [0.05, 0.1) is 12.3 Å². The largest absolute Gasteiger partial charge is 0.271 e. The second kappa shape index (κ2) is 8.94. The van der Waals surface area contributed by atoms with E-state index in [2.05, 4.69) is 64.2 Å². The first-order chi connectivity index (χ1) is 14.5. The van der Waals surface area contributed by atoms with Gasteiger partial charge in [-0.25, -0.2) is 5.01 Å². The lowest BCUT2D eigenvalue weighted by molar-refractivity contribution is -0.128. The molecule has 152 valence electrons. The topological polar surface area (TPSA) is 35.9 Å². The summed E-state index contributed by atoms with van der Waals surface area (Å²) in [7, 11) is 0. The normalized spacial score (nSPS) is 17.6. The highest BCUT2D eigenvalue weighted by Crippen LogP contribution is 2.34. The van der Waals surface area contributed by atoms with Crippen LogP contribution in [-0.2, 0) is 11.3 Å². The minimum absolute atomic E-state index is 0.00219. The monoisotopic (exact) mass is 461 g/mol. The summed E-state index contributed by atoms with van der Waals surface area (Å²) in [6.07, 6.45) is -0.254. The van der Waals surface area contributed by atoms with Gasteiger partial charge in [0.25, 0.3) is 5.91 Å². The van der Waals surface area contributed by atoms with Crippen molar-refractivity contribution >= 4 is 27.5 Å². The van der Waals surface area contributed by atoms with E-state index in [1.807, 2.05) is 49.4 Å². The molecule has 1 atom stereocenters. The van der Waals surface area contributed by atoms with Gasteiger partial charge in [0.2, 0.25) is 0 Å². The number of hydrazone groups is 1. The predicted molar refractivity (Wildman–Crippen MR) is 124 cm³/mol. The number of amides is 1. The molecule has 3 aromatic carbocycles. The van der Waals surface area contributed by atoms with Crippen molar-refractivity contribution in [3.8, 4) is 0 Å². The lowest BCUT2D eigenvalue weighted by atomic mass is 10.1. The second-order valence-electron chi connectivity index (χ2n) is 7.61. The first kappa shape index (κ1) is 20.5. The molecule has 4 nitrogen and oxygen atoms in total. The van der Waals surface area contributed by atoms with Crippen molar-refractivity contribution in [2.24, 2.45) is 5.10 Å². The van der Waals surface area contributed by atoms with Crippen LogP contribution in [0.15, 0.2) is 88.4 Å². The molecule has 30 heavy (non-hydrogen) atoms. The van der Waals surface area contributed by atoms with Crippen LogP contribution in [-0.4, -0.2) is 28.1 Å². The number of halogens is 1. The molecule has 0 aliphatic carbocycles. The molecule has 0 radical (unpaired) electrons. The SMILES string of the molecule is C/C(=N/N1C(=O)CN(Cc2ccccc2)[C@@H]1c1cccc(Br)c1)c1ccc(C)cc1. The summed E-state index contributed by atoms with van der Waals surface area (Å²) in [5, 5.41) is 6.42. The van der Waals surface area contributed by atoms with Gasteiger partial charge in [0.15, 0.2) is 0 Å². The molecular formula is C25H24BrN3O. The predicted octanol–water partition coefficient (Wildman–Crippen LogP) is 5.52. The first-order valence-electron chi connectivity index (χ1n) is 9.99. The van der Waals surface area contributed by atoms with Crippen molar-refractivity contribution in [1.29, 1.82) is 0 Å². The first-order valence-corrected chi connectivity index (χ1v) is 10.8. The van der Waals surface area contributed by atoms with Crippen LogP contribution in [0.5, 0.6) is 0 Å². The van der Waals surface area contributed by atoms with Crippen molar-refractivity contribution in [2.75, 3.05) is 6.54 Å². The smallest absolute Gasteiger partial charge is 0.258 e. The highest BCUT2D eigenvalue weighted by molar-refractivity contribution is 9.10. The van der Waals surface area contributed by atoms with Crippen LogP contribution in [0, 0.1) is 6.92 Å². The maximum Gasteiger partial charge on any atom is 0.258 e. The van der Waals surface area contributed by atoms with E-state index in [1.165, 1.54) is 11.1 Å². The Hall–Kier alpha value is -2.76. The van der Waals surface area contributed by atoms with E-state index in [9.17, 15) is 4.79 Å². The van der Waals surface area contributed by atoms with Gasteiger partial charge in [-0.05, 0) is 42.7 Å². The number of carbonyl (C=O) groups is 1. The number of benzene rings is 3. The summed E-state index contributed by atoms with van der Waals surface area (Å²) >= 11 is 3.57. The zero-order valence-corrected chi connectivity index (χ0v) is 18.7. The fraction of sp³-hybridized carbons (Fsp3) is 0.200. The Labute approximate surface area is 186 Å². The Bertz CT molecular complexity index is 1060. The zero-order chi connectivity index (χ0) is 21.1. The van der Waals surface area contributed by atoms with Crippen molar-refractivity contribution in [3.63, 3.8) is 0 Å². The van der Waals surface area contributed by atoms with Crippen LogP contribution in [0.4, 0.5) is 0 Å². The molecule has 1 aliphatic rings. The standard InChI is InChI=1S/C25H24BrN3O/c1-18-11-13-21(14-12-18)19(2)27-29-24(30)17-28(16-20-7-4-3-5-8-20)25(29)22-9-6-10-23(26)15-22/h3-15,25H,16-17H2,1-2H3/b27-19-/t25-/m0/s1. The Kier molecular flexibility index (Phi) is 6.11. The van der Waals surface area contributed by atoms with Crippen LogP contribution in [0.3, 0.4) is 0 Å². The van der Waals surface area contributed by atoms with E-state index < -0.39 is 0 Å². The van der Waals surface area contributed by atoms with Crippen molar-refractivity contribution in [2.45, 2.75) is 26.6 Å². The average molecular weight is 462 g/mol. The van der Waals surface area contributed by atoms with Gasteiger partial charge in [-0.15, -0.1) is 0 Å². The average Bonchev–Trinajstić information content (AvgIpc) is 3.04. The van der Waals surface area contributed by atoms with Gasteiger partial charge in [-0.1, -0.05) is 88.2 Å². The molecule has 1 amide bonds. The third-order valence-corrected chi connectivity index (χ3v) is 5.77. The third-order valence-electron chi connectivity index (χ3n) is 5.27. The number of aryl methyl sites for hydroxylation is 1. The second-order valence-corrected chi connectivity index (χ2v) is 8.52. The maximum atomic E-state index is 13.0. The van der Waals surface area contributed by atoms with E-state index in [-0.39, 0.29) is 12.1 Å². The molecule has 0 unspecified atom stereocenters. The molecule has 0 aromatic heterocycles. The maximum absolute atomic E-state index is 13.0. The molecule has 3 aromatic rings. The summed E-state index contributed by atoms with van der Waals surface area (Å²) in [4.78, 5) is 15.2. The molecule has 5 heteroatoms. The van der Waals surface area contributed by atoms with Crippen LogP contribution in [0.25, 0.3) is 0 Å². The number of hydrogen-bond donors (Lipinski definition) is 0. The van der Waals surface area contributed by atoms with Gasteiger partial charge in [0, 0.05) is 11.0 Å². The Balaban J connectivity index is 1.71. The van der Waals surface area contributed by atoms with Gasteiger partial charge < -0.3 is 0 Å². The quantitative estimate of drug-likeness (QED) is 0.468. The van der Waals surface area contributed by atoms with Crippen molar-refractivity contribution < 1.29 is 4.79 Å². The molecule has 1 saturated heterocycles. The zero-order valence-electron chi connectivity index (χ0n) is 17.1. The van der Waals surface area contributed by atoms with Crippen molar-refractivity contribution in [3.05, 3.63) is 106 Å². The Morgan fingerprint density at radius 2 is 1.77 bits per heavy atom. The third kappa shape index (κ3) is 4.53. The summed E-state index contributed by atoms with van der Waals surface area (Å²) in [6.45, 7) is 5.02. The van der Waals surface area contributed by atoms with Crippen LogP contribution < -0.4 is 0 Å². The molecule has 0 bridgehead atoms. The van der Waals surface area contributed by atoms with Gasteiger partial charge in [0.1, 0.15) is 6.17 Å². The Morgan fingerprint density at radius 3 is 2.47 bits per heavy atom. The van der Waals surface area contributed by atoms with Crippen LogP contribution in [0.1, 0.15) is 35.3 Å². The van der Waals surface area contributed by atoms with E-state index in [0.717, 1.165) is 21.3 Å². The van der Waals surface area contributed by atoms with Crippen LogP contribution in [0.2, 0.25) is 0 Å². The van der Waals surface area contributed by atoms with E-state index in [0.29, 0.717) is 13.1 Å².